The number of anilines is 1. The maximum Gasteiger partial charge on any atom is 0.230 e. The van der Waals surface area contributed by atoms with E-state index in [1.54, 1.807) is 0 Å². The second-order valence-corrected chi connectivity index (χ2v) is 6.32. The highest BCUT2D eigenvalue weighted by Gasteiger charge is 2.28. The van der Waals surface area contributed by atoms with Crippen molar-refractivity contribution in [2.24, 2.45) is 5.92 Å². The largest absolute Gasteiger partial charge is 0.308 e. The molecule has 23 heavy (non-hydrogen) atoms. The summed E-state index contributed by atoms with van der Waals surface area (Å²) in [5, 5.41) is 0. The predicted molar refractivity (Wildman–Crippen MR) is 94.3 cm³/mol. The Bertz CT molecular complexity index is 619. The fourth-order valence-corrected chi connectivity index (χ4v) is 3.15. The Hall–Kier alpha value is -2.13. The Kier molecular flexibility index (Phi) is 5.09. The van der Waals surface area contributed by atoms with Crippen LogP contribution in [0.2, 0.25) is 0 Å². The van der Waals surface area contributed by atoms with Crippen LogP contribution in [-0.2, 0) is 11.3 Å². The Morgan fingerprint density at radius 2 is 1.57 bits per heavy atom. The highest BCUT2D eigenvalue weighted by molar-refractivity contribution is 5.95. The van der Waals surface area contributed by atoms with E-state index in [4.69, 9.17) is 0 Å². The van der Waals surface area contributed by atoms with E-state index in [0.29, 0.717) is 6.54 Å². The first kappa shape index (κ1) is 15.8. The summed E-state index contributed by atoms with van der Waals surface area (Å²) in [6.07, 6.45) is 1.90. The van der Waals surface area contributed by atoms with Gasteiger partial charge in [-0.2, -0.15) is 0 Å². The van der Waals surface area contributed by atoms with Crippen molar-refractivity contribution in [1.82, 2.24) is 4.90 Å². The van der Waals surface area contributed by atoms with E-state index in [-0.39, 0.29) is 11.8 Å². The molecule has 0 saturated carbocycles. The van der Waals surface area contributed by atoms with Crippen LogP contribution in [0.15, 0.2) is 60.7 Å². The Labute approximate surface area is 138 Å². The minimum atomic E-state index is 0.134. The molecule has 0 unspecified atom stereocenters. The van der Waals surface area contributed by atoms with E-state index >= 15 is 0 Å². The standard InChI is InChI=1S/C20H24N2O/c1-21-14-12-18(13-15-21)20(23)22(19-10-6-3-7-11-19)16-17-8-4-2-5-9-17/h2-11,18H,12-16H2,1H3. The highest BCUT2D eigenvalue weighted by Crippen LogP contribution is 2.24. The average Bonchev–Trinajstić information content (AvgIpc) is 2.61. The van der Waals surface area contributed by atoms with Crippen molar-refractivity contribution in [3.05, 3.63) is 66.2 Å². The molecular formula is C20H24N2O. The normalized spacial score (nSPS) is 16.2. The molecule has 2 aromatic carbocycles. The van der Waals surface area contributed by atoms with Crippen LogP contribution in [0.25, 0.3) is 0 Å². The van der Waals surface area contributed by atoms with Gasteiger partial charge in [-0.1, -0.05) is 48.5 Å². The number of benzene rings is 2. The first-order valence-electron chi connectivity index (χ1n) is 8.33. The van der Waals surface area contributed by atoms with Crippen molar-refractivity contribution in [2.75, 3.05) is 25.0 Å². The van der Waals surface area contributed by atoms with Crippen LogP contribution in [0.4, 0.5) is 5.69 Å². The van der Waals surface area contributed by atoms with Crippen LogP contribution < -0.4 is 4.90 Å². The summed E-state index contributed by atoms with van der Waals surface area (Å²) in [6, 6.07) is 20.3. The van der Waals surface area contributed by atoms with Crippen LogP contribution >= 0.6 is 0 Å². The van der Waals surface area contributed by atoms with Crippen LogP contribution in [0.1, 0.15) is 18.4 Å². The van der Waals surface area contributed by atoms with Crippen molar-refractivity contribution in [1.29, 1.82) is 0 Å². The van der Waals surface area contributed by atoms with Crippen molar-refractivity contribution in [2.45, 2.75) is 19.4 Å². The monoisotopic (exact) mass is 308 g/mol. The van der Waals surface area contributed by atoms with Crippen LogP contribution in [0.3, 0.4) is 0 Å². The number of hydrogen-bond donors (Lipinski definition) is 0. The van der Waals surface area contributed by atoms with Gasteiger partial charge >= 0.3 is 0 Å². The molecular weight excluding hydrogens is 284 g/mol. The lowest BCUT2D eigenvalue weighted by atomic mass is 9.95. The Balaban J connectivity index is 1.81. The van der Waals surface area contributed by atoms with Gasteiger partial charge in [0.1, 0.15) is 0 Å². The van der Waals surface area contributed by atoms with Gasteiger partial charge in [-0.15, -0.1) is 0 Å². The quantitative estimate of drug-likeness (QED) is 0.862. The van der Waals surface area contributed by atoms with E-state index < -0.39 is 0 Å². The molecule has 120 valence electrons. The molecule has 1 aliphatic heterocycles. The summed E-state index contributed by atoms with van der Waals surface area (Å²) in [6.45, 7) is 2.64. The van der Waals surface area contributed by atoms with Crippen LogP contribution in [-0.4, -0.2) is 30.9 Å². The first-order valence-corrected chi connectivity index (χ1v) is 8.33. The van der Waals surface area contributed by atoms with Crippen LogP contribution in [0, 0.1) is 5.92 Å². The smallest absolute Gasteiger partial charge is 0.230 e. The lowest BCUT2D eigenvalue weighted by molar-refractivity contribution is -0.123. The minimum absolute atomic E-state index is 0.134. The van der Waals surface area contributed by atoms with E-state index in [9.17, 15) is 4.79 Å². The summed E-state index contributed by atoms with van der Waals surface area (Å²) in [7, 11) is 2.12. The number of carbonyl (C=O) groups is 1. The number of carbonyl (C=O) groups excluding carboxylic acids is 1. The minimum Gasteiger partial charge on any atom is -0.308 e. The molecule has 1 aliphatic rings. The third-order valence-electron chi connectivity index (χ3n) is 4.59. The number of rotatable bonds is 4. The zero-order valence-corrected chi connectivity index (χ0v) is 13.7. The molecule has 0 atom stereocenters. The van der Waals surface area contributed by atoms with Gasteiger partial charge in [0.25, 0.3) is 0 Å². The van der Waals surface area contributed by atoms with Crippen molar-refractivity contribution in [3.8, 4) is 0 Å². The number of likely N-dealkylation sites (tertiary alicyclic amines) is 1. The zero-order chi connectivity index (χ0) is 16.1. The van der Waals surface area contributed by atoms with Crippen molar-refractivity contribution in [3.63, 3.8) is 0 Å². The van der Waals surface area contributed by atoms with Gasteiger partial charge in [0, 0.05) is 11.6 Å². The molecule has 0 bridgehead atoms. The number of nitrogens with zero attached hydrogens (tertiary/aromatic N) is 2. The molecule has 0 aromatic heterocycles. The zero-order valence-electron chi connectivity index (χ0n) is 13.7. The molecule has 0 N–H and O–H groups in total. The molecule has 3 nitrogen and oxygen atoms in total. The lowest BCUT2D eigenvalue weighted by Crippen LogP contribution is -2.41. The van der Waals surface area contributed by atoms with Gasteiger partial charge in [-0.05, 0) is 50.7 Å². The van der Waals surface area contributed by atoms with E-state index in [2.05, 4.69) is 24.1 Å². The Morgan fingerprint density at radius 3 is 2.17 bits per heavy atom. The third-order valence-corrected chi connectivity index (χ3v) is 4.59. The SMILES string of the molecule is CN1CCC(C(=O)N(Cc2ccccc2)c2ccccc2)CC1. The molecule has 2 aromatic rings. The van der Waals surface area contributed by atoms with Gasteiger partial charge in [0.05, 0.1) is 6.54 Å². The lowest BCUT2D eigenvalue weighted by Gasteiger charge is -2.32. The van der Waals surface area contributed by atoms with Crippen molar-refractivity contribution < 1.29 is 4.79 Å². The van der Waals surface area contributed by atoms with Crippen molar-refractivity contribution >= 4 is 11.6 Å². The van der Waals surface area contributed by atoms with Gasteiger partial charge in [0.2, 0.25) is 5.91 Å². The summed E-state index contributed by atoms with van der Waals surface area (Å²) in [4.78, 5) is 17.4. The highest BCUT2D eigenvalue weighted by atomic mass is 16.2. The molecule has 1 heterocycles. The van der Waals surface area contributed by atoms with Gasteiger partial charge in [-0.25, -0.2) is 0 Å². The maximum absolute atomic E-state index is 13.1. The molecule has 3 rings (SSSR count). The summed E-state index contributed by atoms with van der Waals surface area (Å²) in [5.74, 6) is 0.392. The van der Waals surface area contributed by atoms with E-state index in [1.807, 2.05) is 53.4 Å². The summed E-state index contributed by atoms with van der Waals surface area (Å²) >= 11 is 0. The molecule has 0 radical (unpaired) electrons. The second-order valence-electron chi connectivity index (χ2n) is 6.32. The second kappa shape index (κ2) is 7.42. The number of amides is 1. The van der Waals surface area contributed by atoms with Gasteiger partial charge in [-0.3, -0.25) is 4.79 Å². The topological polar surface area (TPSA) is 23.6 Å². The number of piperidine rings is 1. The van der Waals surface area contributed by atoms with Crippen LogP contribution in [0.5, 0.6) is 0 Å². The molecule has 1 saturated heterocycles. The third kappa shape index (κ3) is 3.99. The average molecular weight is 308 g/mol. The molecule has 1 amide bonds. The van der Waals surface area contributed by atoms with E-state index in [1.165, 1.54) is 0 Å². The van der Waals surface area contributed by atoms with Gasteiger partial charge in [0.15, 0.2) is 0 Å². The van der Waals surface area contributed by atoms with Gasteiger partial charge < -0.3 is 9.80 Å². The predicted octanol–water partition coefficient (Wildman–Crippen LogP) is 3.56. The maximum atomic E-state index is 13.1. The fourth-order valence-electron chi connectivity index (χ4n) is 3.15. The Morgan fingerprint density at radius 1 is 1.00 bits per heavy atom. The number of para-hydroxylation sites is 1. The molecule has 1 fully saturated rings. The summed E-state index contributed by atoms with van der Waals surface area (Å²) in [5.41, 5.74) is 2.15. The van der Waals surface area contributed by atoms with E-state index in [0.717, 1.165) is 37.2 Å². The summed E-state index contributed by atoms with van der Waals surface area (Å²) < 4.78 is 0. The number of hydrogen-bond acceptors (Lipinski definition) is 2. The molecule has 0 spiro atoms. The molecule has 3 heteroatoms. The fraction of sp³-hybridized carbons (Fsp3) is 0.350. The molecule has 0 aliphatic carbocycles. The first-order chi connectivity index (χ1) is 11.2.